The molecule has 0 saturated heterocycles. The predicted molar refractivity (Wildman–Crippen MR) is 128 cm³/mol. The van der Waals surface area contributed by atoms with Crippen LogP contribution < -0.4 is 10.1 Å². The SMILES string of the molecule is COc1cccc([C@@H]2C(C(=O)OCCc3ccccc3)=C(C)NC3=C2C(=O)CC(C)(C)C3)c1. The van der Waals surface area contributed by atoms with Gasteiger partial charge in [-0.3, -0.25) is 4.79 Å². The van der Waals surface area contributed by atoms with Crippen LogP contribution in [-0.2, 0) is 20.7 Å². The molecular weight excluding hydrogens is 414 g/mol. The highest BCUT2D eigenvalue weighted by Gasteiger charge is 2.43. The standard InChI is InChI=1S/C28H31NO4/c1-18-24(27(31)33-14-13-19-9-6-5-7-10-19)25(20-11-8-12-21(15-20)32-4)26-22(29-18)16-28(2,3)17-23(26)30/h5-12,15,25,29H,13-14,16-17H2,1-4H3/t25-/m1/s1. The van der Waals surface area contributed by atoms with Crippen molar-refractivity contribution in [1.82, 2.24) is 5.32 Å². The maximum absolute atomic E-state index is 13.4. The van der Waals surface area contributed by atoms with Gasteiger partial charge in [0, 0.05) is 35.7 Å². The Morgan fingerprint density at radius 3 is 2.58 bits per heavy atom. The molecule has 2 aliphatic rings. The van der Waals surface area contributed by atoms with E-state index in [0.717, 1.165) is 28.9 Å². The molecule has 0 radical (unpaired) electrons. The second-order valence-corrected chi connectivity index (χ2v) is 9.58. The van der Waals surface area contributed by atoms with Crippen LogP contribution in [0.4, 0.5) is 0 Å². The van der Waals surface area contributed by atoms with Crippen molar-refractivity contribution in [3.8, 4) is 5.75 Å². The number of allylic oxidation sites excluding steroid dienone is 3. The van der Waals surface area contributed by atoms with Gasteiger partial charge in [0.05, 0.1) is 19.3 Å². The summed E-state index contributed by atoms with van der Waals surface area (Å²) in [5, 5.41) is 3.38. The maximum Gasteiger partial charge on any atom is 0.336 e. The van der Waals surface area contributed by atoms with Gasteiger partial charge in [0.25, 0.3) is 0 Å². The molecule has 0 unspecified atom stereocenters. The lowest BCUT2D eigenvalue weighted by molar-refractivity contribution is -0.139. The Balaban J connectivity index is 1.68. The number of esters is 1. The third kappa shape index (κ3) is 4.87. The lowest BCUT2D eigenvalue weighted by Crippen LogP contribution is -2.38. The Hall–Kier alpha value is -3.34. The molecule has 5 nitrogen and oxygen atoms in total. The summed E-state index contributed by atoms with van der Waals surface area (Å²) in [5.74, 6) is -0.119. The van der Waals surface area contributed by atoms with Crippen LogP contribution in [0.25, 0.3) is 0 Å². The topological polar surface area (TPSA) is 64.6 Å². The molecule has 5 heteroatoms. The van der Waals surface area contributed by atoms with E-state index in [2.05, 4.69) is 19.2 Å². The van der Waals surface area contributed by atoms with E-state index in [0.29, 0.717) is 29.7 Å². The molecule has 1 aliphatic carbocycles. The van der Waals surface area contributed by atoms with Crippen LogP contribution in [0.3, 0.4) is 0 Å². The maximum atomic E-state index is 13.4. The van der Waals surface area contributed by atoms with E-state index in [1.54, 1.807) is 7.11 Å². The summed E-state index contributed by atoms with van der Waals surface area (Å²) in [6.07, 6.45) is 1.84. The lowest BCUT2D eigenvalue weighted by atomic mass is 9.68. The first-order chi connectivity index (χ1) is 15.8. The zero-order valence-electron chi connectivity index (χ0n) is 19.7. The molecule has 0 spiro atoms. The number of dihydropyridines is 1. The van der Waals surface area contributed by atoms with Crippen molar-refractivity contribution in [1.29, 1.82) is 0 Å². The quantitative estimate of drug-likeness (QED) is 0.628. The number of hydrogen-bond acceptors (Lipinski definition) is 5. The Morgan fingerprint density at radius 1 is 1.09 bits per heavy atom. The van der Waals surface area contributed by atoms with Gasteiger partial charge in [-0.2, -0.15) is 0 Å². The Morgan fingerprint density at radius 2 is 1.85 bits per heavy atom. The zero-order valence-corrected chi connectivity index (χ0v) is 19.7. The van der Waals surface area contributed by atoms with Gasteiger partial charge in [-0.15, -0.1) is 0 Å². The number of nitrogens with one attached hydrogen (secondary N) is 1. The van der Waals surface area contributed by atoms with Crippen LogP contribution in [0.1, 0.15) is 50.7 Å². The molecule has 2 aromatic rings. The highest BCUT2D eigenvalue weighted by Crippen LogP contribution is 2.47. The summed E-state index contributed by atoms with van der Waals surface area (Å²) in [5.41, 5.74) is 4.63. The average Bonchev–Trinajstić information content (AvgIpc) is 2.78. The van der Waals surface area contributed by atoms with E-state index < -0.39 is 11.9 Å². The molecule has 0 saturated carbocycles. The molecule has 4 rings (SSSR count). The van der Waals surface area contributed by atoms with Crippen LogP contribution in [0.2, 0.25) is 0 Å². The molecule has 1 atom stereocenters. The third-order valence-corrected chi connectivity index (χ3v) is 6.35. The van der Waals surface area contributed by atoms with Gasteiger partial charge >= 0.3 is 5.97 Å². The average molecular weight is 446 g/mol. The van der Waals surface area contributed by atoms with Crippen LogP contribution >= 0.6 is 0 Å². The lowest BCUT2D eigenvalue weighted by Gasteiger charge is -2.39. The minimum absolute atomic E-state index is 0.0728. The number of hydrogen-bond donors (Lipinski definition) is 1. The van der Waals surface area contributed by atoms with Crippen molar-refractivity contribution in [3.63, 3.8) is 0 Å². The largest absolute Gasteiger partial charge is 0.497 e. The molecule has 0 aromatic heterocycles. The summed E-state index contributed by atoms with van der Waals surface area (Å²) < 4.78 is 11.1. The molecule has 33 heavy (non-hydrogen) atoms. The fourth-order valence-electron chi connectivity index (χ4n) is 4.85. The summed E-state index contributed by atoms with van der Waals surface area (Å²) in [6.45, 7) is 6.36. The number of carbonyl (C=O) groups excluding carboxylic acids is 2. The normalized spacial score (nSPS) is 19.6. The number of ether oxygens (including phenoxy) is 2. The van der Waals surface area contributed by atoms with Crippen LogP contribution in [-0.4, -0.2) is 25.5 Å². The third-order valence-electron chi connectivity index (χ3n) is 6.35. The van der Waals surface area contributed by atoms with E-state index in [4.69, 9.17) is 9.47 Å². The molecular formula is C28H31NO4. The van der Waals surface area contributed by atoms with Crippen molar-refractivity contribution < 1.29 is 19.1 Å². The highest BCUT2D eigenvalue weighted by atomic mass is 16.5. The van der Waals surface area contributed by atoms with E-state index in [1.165, 1.54) is 0 Å². The number of carbonyl (C=O) groups is 2. The summed E-state index contributed by atoms with van der Waals surface area (Å²) in [6, 6.07) is 17.5. The fourth-order valence-corrected chi connectivity index (χ4v) is 4.85. The molecule has 1 aliphatic heterocycles. The van der Waals surface area contributed by atoms with Crippen molar-refractivity contribution in [3.05, 3.63) is 88.3 Å². The molecule has 1 heterocycles. The van der Waals surface area contributed by atoms with Gasteiger partial charge in [0.2, 0.25) is 0 Å². The van der Waals surface area contributed by atoms with E-state index in [1.807, 2.05) is 61.5 Å². The minimum Gasteiger partial charge on any atom is -0.497 e. The van der Waals surface area contributed by atoms with Crippen LogP contribution in [0, 0.1) is 5.41 Å². The van der Waals surface area contributed by atoms with Crippen LogP contribution in [0.15, 0.2) is 77.1 Å². The Bertz CT molecular complexity index is 1130. The Labute approximate surface area is 195 Å². The number of methoxy groups -OCH3 is 1. The molecule has 0 bridgehead atoms. The van der Waals surface area contributed by atoms with Crippen LogP contribution in [0.5, 0.6) is 5.75 Å². The van der Waals surface area contributed by atoms with Crippen molar-refractivity contribution >= 4 is 11.8 Å². The molecule has 0 amide bonds. The number of Topliss-reactive ketones (excluding diaryl/α,β-unsaturated/α-hetero) is 1. The monoisotopic (exact) mass is 445 g/mol. The van der Waals surface area contributed by atoms with Gasteiger partial charge in [-0.05, 0) is 42.0 Å². The molecule has 2 aromatic carbocycles. The first-order valence-corrected chi connectivity index (χ1v) is 11.4. The summed E-state index contributed by atoms with van der Waals surface area (Å²) in [4.78, 5) is 26.7. The van der Waals surface area contributed by atoms with Gasteiger partial charge in [0.15, 0.2) is 5.78 Å². The summed E-state index contributed by atoms with van der Waals surface area (Å²) >= 11 is 0. The number of rotatable bonds is 6. The van der Waals surface area contributed by atoms with Gasteiger partial charge in [-0.1, -0.05) is 56.3 Å². The van der Waals surface area contributed by atoms with Gasteiger partial charge < -0.3 is 14.8 Å². The van der Waals surface area contributed by atoms with Gasteiger partial charge in [-0.25, -0.2) is 4.79 Å². The molecule has 1 N–H and O–H groups in total. The number of benzene rings is 2. The Kier molecular flexibility index (Phi) is 6.41. The second-order valence-electron chi connectivity index (χ2n) is 9.58. The first-order valence-electron chi connectivity index (χ1n) is 11.4. The van der Waals surface area contributed by atoms with E-state index in [9.17, 15) is 9.59 Å². The van der Waals surface area contributed by atoms with E-state index in [-0.39, 0.29) is 17.8 Å². The first kappa shape index (κ1) is 22.8. The summed E-state index contributed by atoms with van der Waals surface area (Å²) in [7, 11) is 1.61. The van der Waals surface area contributed by atoms with Crippen molar-refractivity contribution in [2.24, 2.45) is 5.41 Å². The smallest absolute Gasteiger partial charge is 0.336 e. The highest BCUT2D eigenvalue weighted by molar-refractivity contribution is 6.04. The molecule has 0 fully saturated rings. The van der Waals surface area contributed by atoms with E-state index >= 15 is 0 Å². The fraction of sp³-hybridized carbons (Fsp3) is 0.357. The zero-order chi connectivity index (χ0) is 23.6. The second kappa shape index (κ2) is 9.26. The van der Waals surface area contributed by atoms with Crippen molar-refractivity contribution in [2.45, 2.75) is 46.0 Å². The number of ketones is 1. The predicted octanol–water partition coefficient (Wildman–Crippen LogP) is 5.09. The molecule has 172 valence electrons. The van der Waals surface area contributed by atoms with Gasteiger partial charge in [0.1, 0.15) is 5.75 Å². The van der Waals surface area contributed by atoms with Crippen molar-refractivity contribution in [2.75, 3.05) is 13.7 Å². The minimum atomic E-state index is -0.482.